The molecule has 0 aromatic rings. The fourth-order valence-corrected chi connectivity index (χ4v) is 9.45. The zero-order valence-electron chi connectivity index (χ0n) is 28.1. The first-order valence-corrected chi connectivity index (χ1v) is 19.3. The molecule has 0 aromatic heterocycles. The van der Waals surface area contributed by atoms with E-state index in [9.17, 15) is 27.9 Å². The molecule has 0 aromatic carbocycles. The average molecular weight is 656 g/mol. The molecule has 5 unspecified atom stereocenters. The number of primary amides is 1. The Morgan fingerprint density at radius 2 is 1.38 bits per heavy atom. The Morgan fingerprint density at radius 1 is 0.844 bits per heavy atom. The normalized spacial score (nSPS) is 25.0. The third-order valence-electron chi connectivity index (χ3n) is 10.2. The Labute approximate surface area is 271 Å². The number of amides is 3. The standard InChI is InChI=1S/C33H61N5O6S/c1-4-16-38(17-5-2)33(42)28-20-26(31(34)40)19-27(21-28)32(41)35-29(18-24-12-8-6-9-13-24)30(39)22-37(3)36-45(43,44)23-25-14-10-7-11-15-25/h24-30,36,39H,4-23H2,1-3H3,(H2,34,40)(H,35,41). The maximum atomic E-state index is 13.8. The molecule has 3 amide bonds. The van der Waals surface area contributed by atoms with Gasteiger partial charge in [-0.2, -0.15) is 0 Å². The fraction of sp³-hybridized carbons (Fsp3) is 0.909. The minimum Gasteiger partial charge on any atom is -0.390 e. The van der Waals surface area contributed by atoms with Crippen LogP contribution in [0.4, 0.5) is 0 Å². The highest BCUT2D eigenvalue weighted by molar-refractivity contribution is 7.89. The van der Waals surface area contributed by atoms with Gasteiger partial charge in [-0.15, -0.1) is 4.83 Å². The van der Waals surface area contributed by atoms with Crippen molar-refractivity contribution in [1.82, 2.24) is 20.1 Å². The Hall–Kier alpha value is -1.76. The largest absolute Gasteiger partial charge is 0.390 e. The molecule has 3 saturated carbocycles. The molecule has 45 heavy (non-hydrogen) atoms. The first-order chi connectivity index (χ1) is 21.4. The molecule has 3 fully saturated rings. The van der Waals surface area contributed by atoms with Crippen molar-refractivity contribution in [2.45, 2.75) is 129 Å². The van der Waals surface area contributed by atoms with Crippen LogP contribution in [0.15, 0.2) is 0 Å². The van der Waals surface area contributed by atoms with Crippen molar-refractivity contribution < 1.29 is 27.9 Å². The van der Waals surface area contributed by atoms with Crippen molar-refractivity contribution in [2.24, 2.45) is 35.3 Å². The molecular weight excluding hydrogens is 594 g/mol. The molecule has 0 bridgehead atoms. The van der Waals surface area contributed by atoms with Crippen LogP contribution < -0.4 is 15.9 Å². The Balaban J connectivity index is 1.69. The Morgan fingerprint density at radius 3 is 1.93 bits per heavy atom. The number of likely N-dealkylation sites (N-methyl/N-ethyl adjacent to an activating group) is 1. The molecule has 11 nitrogen and oxygen atoms in total. The van der Waals surface area contributed by atoms with Gasteiger partial charge < -0.3 is 21.1 Å². The molecular formula is C33H61N5O6S. The van der Waals surface area contributed by atoms with E-state index in [-0.39, 0.29) is 36.5 Å². The first kappa shape index (κ1) is 37.7. The molecule has 5 atom stereocenters. The Kier molecular flexibility index (Phi) is 15.5. The lowest BCUT2D eigenvalue weighted by atomic mass is 9.73. The van der Waals surface area contributed by atoms with Gasteiger partial charge in [-0.1, -0.05) is 65.2 Å². The summed E-state index contributed by atoms with van der Waals surface area (Å²) in [4.78, 5) is 44.1. The van der Waals surface area contributed by atoms with Crippen molar-refractivity contribution in [3.05, 3.63) is 0 Å². The number of carbonyl (C=O) groups is 3. The highest BCUT2D eigenvalue weighted by Gasteiger charge is 2.40. The van der Waals surface area contributed by atoms with Crippen LogP contribution in [0.3, 0.4) is 0 Å². The quantitative estimate of drug-likeness (QED) is 0.175. The number of hydrogen-bond acceptors (Lipinski definition) is 7. The maximum Gasteiger partial charge on any atom is 0.225 e. The molecule has 3 rings (SSSR count). The SMILES string of the molecule is CCCN(CCC)C(=O)C1CC(C(N)=O)CC(C(=O)NC(CC2CCCCC2)C(O)CN(C)NS(=O)(=O)CC2CCCCC2)C1. The van der Waals surface area contributed by atoms with Crippen LogP contribution >= 0.6 is 0 Å². The van der Waals surface area contributed by atoms with Gasteiger partial charge in [-0.3, -0.25) is 14.4 Å². The van der Waals surface area contributed by atoms with E-state index in [2.05, 4.69) is 10.1 Å². The van der Waals surface area contributed by atoms with Crippen LogP contribution in [-0.4, -0.2) is 85.7 Å². The second-order valence-corrected chi connectivity index (χ2v) is 16.0. The minimum atomic E-state index is -3.57. The van der Waals surface area contributed by atoms with Gasteiger partial charge in [0.25, 0.3) is 0 Å². The van der Waals surface area contributed by atoms with Gasteiger partial charge in [0.15, 0.2) is 0 Å². The molecule has 12 heteroatoms. The van der Waals surface area contributed by atoms with Crippen molar-refractivity contribution in [3.8, 4) is 0 Å². The van der Waals surface area contributed by atoms with Crippen LogP contribution in [0.1, 0.15) is 117 Å². The van der Waals surface area contributed by atoms with E-state index >= 15 is 0 Å². The topological polar surface area (TPSA) is 162 Å². The van der Waals surface area contributed by atoms with Gasteiger partial charge >= 0.3 is 0 Å². The second-order valence-electron chi connectivity index (χ2n) is 14.2. The van der Waals surface area contributed by atoms with E-state index in [0.717, 1.165) is 70.6 Å². The van der Waals surface area contributed by atoms with Crippen molar-refractivity contribution in [1.29, 1.82) is 0 Å². The first-order valence-electron chi connectivity index (χ1n) is 17.7. The smallest absolute Gasteiger partial charge is 0.225 e. The monoisotopic (exact) mass is 655 g/mol. The molecule has 0 aliphatic heterocycles. The molecule has 0 saturated heterocycles. The van der Waals surface area contributed by atoms with Gasteiger partial charge in [0.05, 0.1) is 17.9 Å². The van der Waals surface area contributed by atoms with Gasteiger partial charge in [0.2, 0.25) is 27.7 Å². The summed E-state index contributed by atoms with van der Waals surface area (Å²) in [6, 6.07) is -0.592. The van der Waals surface area contributed by atoms with E-state index < -0.39 is 45.8 Å². The summed E-state index contributed by atoms with van der Waals surface area (Å²) < 4.78 is 25.8. The number of nitrogens with zero attached hydrogens (tertiary/aromatic N) is 2. The van der Waals surface area contributed by atoms with Gasteiger partial charge in [0.1, 0.15) is 0 Å². The summed E-state index contributed by atoms with van der Waals surface area (Å²) in [5.41, 5.74) is 5.73. The van der Waals surface area contributed by atoms with Crippen molar-refractivity contribution >= 4 is 27.7 Å². The average Bonchev–Trinajstić information content (AvgIpc) is 3.00. The molecule has 3 aliphatic rings. The minimum absolute atomic E-state index is 0.0141. The van der Waals surface area contributed by atoms with Crippen LogP contribution in [0.2, 0.25) is 0 Å². The molecule has 260 valence electrons. The van der Waals surface area contributed by atoms with E-state index in [1.807, 2.05) is 18.7 Å². The number of aliphatic hydroxyl groups is 1. The lowest BCUT2D eigenvalue weighted by Gasteiger charge is -2.37. The maximum absolute atomic E-state index is 13.8. The van der Waals surface area contributed by atoms with Crippen LogP contribution in [0, 0.1) is 29.6 Å². The van der Waals surface area contributed by atoms with Gasteiger partial charge in [0, 0.05) is 44.4 Å². The number of nitrogens with one attached hydrogen (secondary N) is 2. The third-order valence-corrected chi connectivity index (χ3v) is 11.7. The second kappa shape index (κ2) is 18.5. The highest BCUT2D eigenvalue weighted by atomic mass is 32.2. The molecule has 3 aliphatic carbocycles. The molecule has 5 N–H and O–H groups in total. The number of rotatable bonds is 17. The number of hydrogen-bond donors (Lipinski definition) is 4. The third kappa shape index (κ3) is 12.4. The van der Waals surface area contributed by atoms with Crippen molar-refractivity contribution in [3.63, 3.8) is 0 Å². The lowest BCUT2D eigenvalue weighted by molar-refractivity contribution is -0.141. The summed E-state index contributed by atoms with van der Waals surface area (Å²) in [5.74, 6) is -1.84. The van der Waals surface area contributed by atoms with Crippen LogP contribution in [0.5, 0.6) is 0 Å². The van der Waals surface area contributed by atoms with E-state index in [1.54, 1.807) is 7.05 Å². The predicted octanol–water partition coefficient (Wildman–Crippen LogP) is 3.32. The van der Waals surface area contributed by atoms with E-state index in [0.29, 0.717) is 38.3 Å². The summed E-state index contributed by atoms with van der Waals surface area (Å²) in [7, 11) is -1.96. The Bertz CT molecular complexity index is 1040. The summed E-state index contributed by atoms with van der Waals surface area (Å²) in [5, 5.41) is 15.9. The van der Waals surface area contributed by atoms with Gasteiger partial charge in [-0.05, 0) is 63.2 Å². The molecule has 0 heterocycles. The number of hydrazine groups is 1. The zero-order chi connectivity index (χ0) is 33.0. The van der Waals surface area contributed by atoms with Crippen molar-refractivity contribution in [2.75, 3.05) is 32.4 Å². The number of nitrogens with two attached hydrogens (primary N) is 1. The lowest BCUT2D eigenvalue weighted by Crippen LogP contribution is -2.54. The zero-order valence-corrected chi connectivity index (χ0v) is 28.9. The summed E-state index contributed by atoms with van der Waals surface area (Å²) in [6.45, 7) is 5.33. The van der Waals surface area contributed by atoms with Crippen LogP contribution in [0.25, 0.3) is 0 Å². The number of sulfonamides is 1. The molecule has 0 spiro atoms. The highest BCUT2D eigenvalue weighted by Crippen LogP contribution is 2.35. The van der Waals surface area contributed by atoms with Crippen LogP contribution in [-0.2, 0) is 24.4 Å². The summed E-state index contributed by atoms with van der Waals surface area (Å²) >= 11 is 0. The van der Waals surface area contributed by atoms with E-state index in [1.165, 1.54) is 11.4 Å². The predicted molar refractivity (Wildman–Crippen MR) is 176 cm³/mol. The molecule has 0 radical (unpaired) electrons. The van der Waals surface area contributed by atoms with E-state index in [4.69, 9.17) is 5.73 Å². The summed E-state index contributed by atoms with van der Waals surface area (Å²) in [6.07, 6.45) is 12.8. The number of carbonyl (C=O) groups excluding carboxylic acids is 3. The number of aliphatic hydroxyl groups excluding tert-OH is 1. The fourth-order valence-electron chi connectivity index (χ4n) is 7.88. The van der Waals surface area contributed by atoms with Gasteiger partial charge in [-0.25, -0.2) is 13.4 Å².